The van der Waals surface area contributed by atoms with E-state index in [2.05, 4.69) is 39.3 Å². The smallest absolute Gasteiger partial charge is 0.407 e. The molecular weight excluding hydrogens is 470 g/mol. The Kier molecular flexibility index (Phi) is 6.52. The summed E-state index contributed by atoms with van der Waals surface area (Å²) in [6, 6.07) is 10.5. The number of carbonyl (C=O) groups is 1. The molecule has 6 rings (SSSR count). The lowest BCUT2D eigenvalue weighted by Crippen LogP contribution is -2.49. The van der Waals surface area contributed by atoms with Crippen molar-refractivity contribution in [3.05, 3.63) is 53.5 Å². The van der Waals surface area contributed by atoms with E-state index >= 15 is 0 Å². The Bertz CT molecular complexity index is 1300. The molecule has 10 nitrogen and oxygen atoms in total. The lowest BCUT2D eigenvalue weighted by atomic mass is 9.96. The van der Waals surface area contributed by atoms with Gasteiger partial charge in [-0.2, -0.15) is 9.97 Å². The quantitative estimate of drug-likeness (QED) is 0.543. The Labute approximate surface area is 216 Å². The summed E-state index contributed by atoms with van der Waals surface area (Å²) in [7, 11) is 2.12. The summed E-state index contributed by atoms with van der Waals surface area (Å²) in [6.45, 7) is 4.58. The second-order valence-corrected chi connectivity index (χ2v) is 10.1. The molecule has 2 aromatic heterocycles. The highest BCUT2D eigenvalue weighted by Crippen LogP contribution is 2.34. The van der Waals surface area contributed by atoms with Crippen LogP contribution in [0.15, 0.2) is 36.5 Å². The average molecular weight is 504 g/mol. The number of pyridine rings is 1. The van der Waals surface area contributed by atoms with Crippen molar-refractivity contribution in [3.63, 3.8) is 0 Å². The van der Waals surface area contributed by atoms with Crippen molar-refractivity contribution in [2.24, 2.45) is 0 Å². The molecule has 1 aromatic carbocycles. The minimum Gasteiger partial charge on any atom is -0.465 e. The minimum atomic E-state index is -0.922. The largest absolute Gasteiger partial charge is 0.465 e. The first-order valence-corrected chi connectivity index (χ1v) is 13.1. The molecule has 0 spiro atoms. The van der Waals surface area contributed by atoms with Gasteiger partial charge in [0.15, 0.2) is 0 Å². The van der Waals surface area contributed by atoms with Crippen molar-refractivity contribution in [1.29, 1.82) is 0 Å². The van der Waals surface area contributed by atoms with E-state index in [0.717, 1.165) is 65.9 Å². The monoisotopic (exact) mass is 503 g/mol. The van der Waals surface area contributed by atoms with Crippen LogP contribution in [0.1, 0.15) is 35.8 Å². The fourth-order valence-corrected chi connectivity index (χ4v) is 5.88. The van der Waals surface area contributed by atoms with Gasteiger partial charge in [0.25, 0.3) is 0 Å². The number of hydrogen-bond donors (Lipinski definition) is 2. The number of para-hydroxylation sites is 1. The second kappa shape index (κ2) is 10.1. The topological polar surface area (TPSA) is 107 Å². The van der Waals surface area contributed by atoms with Gasteiger partial charge in [0.2, 0.25) is 0 Å². The SMILES string of the molecule is CN1CCC[C@H]1COc1nc2c(c(C3CNCCN3C(=O)O)n1)CCN(c1ccnc3ccccc13)C2. The summed E-state index contributed by atoms with van der Waals surface area (Å²) in [5.74, 6) is 0. The molecule has 0 aliphatic carbocycles. The number of ether oxygens (including phenoxy) is 1. The average Bonchev–Trinajstić information content (AvgIpc) is 3.35. The Morgan fingerprint density at radius 3 is 2.92 bits per heavy atom. The highest BCUT2D eigenvalue weighted by molar-refractivity contribution is 5.91. The molecule has 1 unspecified atom stereocenters. The predicted molar refractivity (Wildman–Crippen MR) is 140 cm³/mol. The molecule has 194 valence electrons. The number of aromatic nitrogens is 3. The number of hydrogen-bond acceptors (Lipinski definition) is 8. The van der Waals surface area contributed by atoms with Gasteiger partial charge in [-0.1, -0.05) is 18.2 Å². The van der Waals surface area contributed by atoms with E-state index in [4.69, 9.17) is 14.7 Å². The summed E-state index contributed by atoms with van der Waals surface area (Å²) < 4.78 is 6.19. The van der Waals surface area contributed by atoms with Crippen LogP contribution in [0.25, 0.3) is 10.9 Å². The van der Waals surface area contributed by atoms with E-state index in [1.165, 1.54) is 4.90 Å². The first-order valence-electron chi connectivity index (χ1n) is 13.1. The Morgan fingerprint density at radius 1 is 1.19 bits per heavy atom. The van der Waals surface area contributed by atoms with E-state index in [0.29, 0.717) is 44.8 Å². The van der Waals surface area contributed by atoms with Crippen LogP contribution in [0.5, 0.6) is 6.01 Å². The molecule has 2 fully saturated rings. The van der Waals surface area contributed by atoms with Crippen molar-refractivity contribution in [3.8, 4) is 6.01 Å². The standard InChI is InChI=1S/C27H33N7O3/c1-32-12-4-5-18(32)17-37-26-30-22-16-33(23-8-10-29-21-7-3-2-6-19(21)23)13-9-20(22)25(31-26)24-15-28-11-14-34(24)27(35)36/h2-3,6-8,10,18,24,28H,4-5,9,11-17H2,1H3,(H,35,36)/t18-,24?/m0/s1. The van der Waals surface area contributed by atoms with Crippen LogP contribution in [0, 0.1) is 0 Å². The highest BCUT2D eigenvalue weighted by atomic mass is 16.5. The lowest BCUT2D eigenvalue weighted by Gasteiger charge is -2.37. The van der Waals surface area contributed by atoms with E-state index < -0.39 is 6.09 Å². The maximum Gasteiger partial charge on any atom is 0.407 e. The maximum atomic E-state index is 12.1. The van der Waals surface area contributed by atoms with Crippen LogP contribution in [0.4, 0.5) is 10.5 Å². The molecule has 3 aliphatic heterocycles. The zero-order valence-corrected chi connectivity index (χ0v) is 21.1. The maximum absolute atomic E-state index is 12.1. The summed E-state index contributed by atoms with van der Waals surface area (Å²) >= 11 is 0. The van der Waals surface area contributed by atoms with Gasteiger partial charge in [0.05, 0.1) is 29.5 Å². The van der Waals surface area contributed by atoms with Crippen LogP contribution < -0.4 is 15.0 Å². The van der Waals surface area contributed by atoms with Gasteiger partial charge in [0, 0.05) is 55.1 Å². The minimum absolute atomic E-state index is 0.339. The molecule has 5 heterocycles. The molecule has 37 heavy (non-hydrogen) atoms. The third-order valence-corrected chi connectivity index (χ3v) is 7.92. The number of rotatable bonds is 5. The summed E-state index contributed by atoms with van der Waals surface area (Å²) in [4.78, 5) is 32.5. The fourth-order valence-electron chi connectivity index (χ4n) is 5.88. The number of anilines is 1. The number of piperazine rings is 1. The van der Waals surface area contributed by atoms with Crippen LogP contribution in [0.3, 0.4) is 0 Å². The highest BCUT2D eigenvalue weighted by Gasteiger charge is 2.34. The van der Waals surface area contributed by atoms with Gasteiger partial charge >= 0.3 is 12.1 Å². The molecule has 2 N–H and O–H groups in total. The molecule has 3 aliphatic rings. The first kappa shape index (κ1) is 23.9. The van der Waals surface area contributed by atoms with Crippen LogP contribution >= 0.6 is 0 Å². The zero-order chi connectivity index (χ0) is 25.4. The number of benzene rings is 1. The molecule has 0 radical (unpaired) electrons. The van der Waals surface area contributed by atoms with Crippen molar-refractivity contribution < 1.29 is 14.6 Å². The van der Waals surface area contributed by atoms with Gasteiger partial charge in [0.1, 0.15) is 6.61 Å². The van der Waals surface area contributed by atoms with Crippen molar-refractivity contribution >= 4 is 22.7 Å². The molecule has 2 saturated heterocycles. The fraction of sp³-hybridized carbons (Fsp3) is 0.481. The molecule has 2 atom stereocenters. The number of likely N-dealkylation sites (tertiary alicyclic amines) is 1. The molecule has 0 saturated carbocycles. The molecule has 3 aromatic rings. The van der Waals surface area contributed by atoms with Gasteiger partial charge in [-0.25, -0.2) is 4.79 Å². The first-order chi connectivity index (χ1) is 18.1. The van der Waals surface area contributed by atoms with E-state index in [1.54, 1.807) is 0 Å². The van der Waals surface area contributed by atoms with Crippen LogP contribution in [-0.2, 0) is 13.0 Å². The number of amides is 1. The predicted octanol–water partition coefficient (Wildman–Crippen LogP) is 2.68. The van der Waals surface area contributed by atoms with Gasteiger partial charge in [-0.3, -0.25) is 9.88 Å². The number of fused-ring (bicyclic) bond motifs is 2. The zero-order valence-electron chi connectivity index (χ0n) is 21.1. The van der Waals surface area contributed by atoms with E-state index in [-0.39, 0.29) is 6.04 Å². The third-order valence-electron chi connectivity index (χ3n) is 7.92. The van der Waals surface area contributed by atoms with E-state index in [1.807, 2.05) is 24.4 Å². The van der Waals surface area contributed by atoms with Gasteiger partial charge in [-0.15, -0.1) is 0 Å². The van der Waals surface area contributed by atoms with Crippen molar-refractivity contribution in [2.75, 3.05) is 51.3 Å². The van der Waals surface area contributed by atoms with Crippen LogP contribution in [0.2, 0.25) is 0 Å². The third kappa shape index (κ3) is 4.67. The molecule has 0 bridgehead atoms. The summed E-state index contributed by atoms with van der Waals surface area (Å²) in [5, 5.41) is 14.4. The van der Waals surface area contributed by atoms with E-state index in [9.17, 15) is 9.90 Å². The van der Waals surface area contributed by atoms with Crippen LogP contribution in [-0.4, -0.2) is 88.4 Å². The van der Waals surface area contributed by atoms with Crippen molar-refractivity contribution in [1.82, 2.24) is 30.1 Å². The van der Waals surface area contributed by atoms with Gasteiger partial charge < -0.3 is 25.0 Å². The molecule has 10 heteroatoms. The Morgan fingerprint density at radius 2 is 2.08 bits per heavy atom. The number of carboxylic acid groups (broad SMARTS) is 1. The second-order valence-electron chi connectivity index (χ2n) is 10.1. The Hall–Kier alpha value is -3.50. The van der Waals surface area contributed by atoms with Crippen molar-refractivity contribution in [2.45, 2.75) is 37.9 Å². The lowest BCUT2D eigenvalue weighted by molar-refractivity contribution is 0.110. The number of nitrogens with zero attached hydrogens (tertiary/aromatic N) is 6. The number of likely N-dealkylation sites (N-methyl/N-ethyl adjacent to an activating group) is 1. The molecule has 1 amide bonds. The molecular formula is C27H33N7O3. The normalized spacial score (nSPS) is 22.3. The summed E-state index contributed by atoms with van der Waals surface area (Å²) in [5.41, 5.74) is 4.80. The van der Waals surface area contributed by atoms with Gasteiger partial charge in [-0.05, 0) is 45.0 Å². The summed E-state index contributed by atoms with van der Waals surface area (Å²) in [6.07, 6.45) is 3.92. The number of nitrogens with one attached hydrogen (secondary N) is 1. The Balaban J connectivity index is 1.36.